The largest absolute Gasteiger partial charge is 0.319 e. The van der Waals surface area contributed by atoms with Gasteiger partial charge < -0.3 is 5.32 Å². The Morgan fingerprint density at radius 3 is 2.84 bits per heavy atom. The molecule has 1 N–H and O–H groups in total. The fourth-order valence-corrected chi connectivity index (χ4v) is 1.80. The first-order chi connectivity index (χ1) is 9.10. The van der Waals surface area contributed by atoms with Gasteiger partial charge in [-0.1, -0.05) is 22.0 Å². The van der Waals surface area contributed by atoms with E-state index in [4.69, 9.17) is 5.26 Å². The van der Waals surface area contributed by atoms with Gasteiger partial charge in [-0.15, -0.1) is 0 Å². The van der Waals surface area contributed by atoms with Crippen LogP contribution in [0, 0.1) is 17.3 Å². The number of amides is 1. The maximum Gasteiger partial charge on any atom is 0.274 e. The van der Waals surface area contributed by atoms with Gasteiger partial charge in [-0.2, -0.15) is 9.65 Å². The van der Waals surface area contributed by atoms with Crippen LogP contribution in [0.1, 0.15) is 16.1 Å². The number of carbonyl (C=O) groups is 1. The summed E-state index contributed by atoms with van der Waals surface area (Å²) in [4.78, 5) is 15.4. The molecule has 0 saturated carbocycles. The highest BCUT2D eigenvalue weighted by atomic mass is 79.9. The van der Waals surface area contributed by atoms with Crippen molar-refractivity contribution >= 4 is 27.5 Å². The van der Waals surface area contributed by atoms with E-state index in [9.17, 15) is 9.18 Å². The Kier molecular flexibility index (Phi) is 3.88. The Labute approximate surface area is 117 Å². The van der Waals surface area contributed by atoms with Crippen molar-refractivity contribution in [2.45, 2.75) is 0 Å². The molecule has 0 aliphatic heterocycles. The second-order valence-electron chi connectivity index (χ2n) is 3.60. The van der Waals surface area contributed by atoms with Gasteiger partial charge in [0.1, 0.15) is 11.8 Å². The summed E-state index contributed by atoms with van der Waals surface area (Å²) in [6.07, 6.45) is 0. The standard InChI is InChI=1S/C13H7BrFN3O/c14-9-5-4-8(7-16)11(6-9)18-13(19)10-2-1-3-12(15)17-10/h1-6H,(H,18,19). The monoisotopic (exact) mass is 319 g/mol. The first-order valence-corrected chi connectivity index (χ1v) is 6.03. The van der Waals surface area contributed by atoms with Crippen LogP contribution in [0.2, 0.25) is 0 Å². The molecule has 1 aromatic heterocycles. The number of benzene rings is 1. The van der Waals surface area contributed by atoms with Gasteiger partial charge in [0.25, 0.3) is 5.91 Å². The van der Waals surface area contributed by atoms with Crippen molar-refractivity contribution in [1.29, 1.82) is 5.26 Å². The van der Waals surface area contributed by atoms with E-state index in [1.165, 1.54) is 12.1 Å². The molecule has 94 valence electrons. The first-order valence-electron chi connectivity index (χ1n) is 5.23. The number of nitrogens with zero attached hydrogens (tertiary/aromatic N) is 2. The molecule has 0 aliphatic rings. The predicted octanol–water partition coefficient (Wildman–Crippen LogP) is 3.11. The molecule has 4 nitrogen and oxygen atoms in total. The molecular formula is C13H7BrFN3O. The van der Waals surface area contributed by atoms with E-state index in [1.807, 2.05) is 6.07 Å². The SMILES string of the molecule is N#Cc1ccc(Br)cc1NC(=O)c1cccc(F)n1. The zero-order chi connectivity index (χ0) is 13.8. The predicted molar refractivity (Wildman–Crippen MR) is 71.0 cm³/mol. The van der Waals surface area contributed by atoms with Crippen molar-refractivity contribution in [2.24, 2.45) is 0 Å². The van der Waals surface area contributed by atoms with E-state index in [2.05, 4.69) is 26.2 Å². The van der Waals surface area contributed by atoms with E-state index < -0.39 is 11.9 Å². The van der Waals surface area contributed by atoms with Gasteiger partial charge in [-0.05, 0) is 30.3 Å². The summed E-state index contributed by atoms with van der Waals surface area (Å²) in [5.74, 6) is -1.31. The van der Waals surface area contributed by atoms with Gasteiger partial charge in [0, 0.05) is 4.47 Å². The number of anilines is 1. The lowest BCUT2D eigenvalue weighted by atomic mass is 10.2. The number of pyridine rings is 1. The lowest BCUT2D eigenvalue weighted by Crippen LogP contribution is -2.15. The zero-order valence-electron chi connectivity index (χ0n) is 9.52. The molecule has 6 heteroatoms. The van der Waals surface area contributed by atoms with Crippen molar-refractivity contribution in [3.8, 4) is 6.07 Å². The molecule has 19 heavy (non-hydrogen) atoms. The topological polar surface area (TPSA) is 65.8 Å². The first kappa shape index (κ1) is 13.2. The van der Waals surface area contributed by atoms with Crippen LogP contribution in [-0.4, -0.2) is 10.9 Å². The molecule has 1 heterocycles. The van der Waals surface area contributed by atoms with Crippen molar-refractivity contribution in [2.75, 3.05) is 5.32 Å². The molecule has 2 rings (SSSR count). The van der Waals surface area contributed by atoms with Crippen LogP contribution in [0.25, 0.3) is 0 Å². The van der Waals surface area contributed by atoms with Gasteiger partial charge in [0.05, 0.1) is 11.3 Å². The van der Waals surface area contributed by atoms with Crippen LogP contribution < -0.4 is 5.32 Å². The minimum atomic E-state index is -0.734. The average molecular weight is 320 g/mol. The Bertz CT molecular complexity index is 682. The molecule has 0 unspecified atom stereocenters. The summed E-state index contributed by atoms with van der Waals surface area (Å²) in [6, 6.07) is 10.7. The summed E-state index contributed by atoms with van der Waals surface area (Å²) >= 11 is 3.25. The molecular weight excluding hydrogens is 313 g/mol. The number of carbonyl (C=O) groups excluding carboxylic acids is 1. The molecule has 0 aliphatic carbocycles. The van der Waals surface area contributed by atoms with Gasteiger partial charge >= 0.3 is 0 Å². The second kappa shape index (κ2) is 5.59. The van der Waals surface area contributed by atoms with E-state index in [0.717, 1.165) is 6.07 Å². The zero-order valence-corrected chi connectivity index (χ0v) is 11.1. The minimum Gasteiger partial charge on any atom is -0.319 e. The number of hydrogen-bond donors (Lipinski definition) is 1. The number of nitrogens with one attached hydrogen (secondary N) is 1. The summed E-state index contributed by atoms with van der Waals surface area (Å²) in [5, 5.41) is 11.5. The third-order valence-corrected chi connectivity index (χ3v) is 2.79. The quantitative estimate of drug-likeness (QED) is 0.865. The maximum atomic E-state index is 12.9. The molecule has 0 saturated heterocycles. The fraction of sp³-hybridized carbons (Fsp3) is 0. The number of hydrogen-bond acceptors (Lipinski definition) is 3. The van der Waals surface area contributed by atoms with Crippen LogP contribution in [0.4, 0.5) is 10.1 Å². The van der Waals surface area contributed by atoms with Crippen molar-refractivity contribution in [1.82, 2.24) is 4.98 Å². The molecule has 1 aromatic carbocycles. The van der Waals surface area contributed by atoms with E-state index in [0.29, 0.717) is 15.7 Å². The summed E-state index contributed by atoms with van der Waals surface area (Å²) in [7, 11) is 0. The van der Waals surface area contributed by atoms with Crippen LogP contribution in [0.15, 0.2) is 40.9 Å². The lowest BCUT2D eigenvalue weighted by Gasteiger charge is -2.07. The van der Waals surface area contributed by atoms with Gasteiger partial charge in [-0.3, -0.25) is 4.79 Å². The molecule has 0 atom stereocenters. The van der Waals surface area contributed by atoms with Crippen molar-refractivity contribution < 1.29 is 9.18 Å². The summed E-state index contributed by atoms with van der Waals surface area (Å²) in [5.41, 5.74) is 0.602. The number of aromatic nitrogens is 1. The highest BCUT2D eigenvalue weighted by molar-refractivity contribution is 9.10. The van der Waals surface area contributed by atoms with Crippen LogP contribution in [0.3, 0.4) is 0 Å². The van der Waals surface area contributed by atoms with E-state index in [-0.39, 0.29) is 5.69 Å². The molecule has 0 radical (unpaired) electrons. The van der Waals surface area contributed by atoms with Crippen LogP contribution in [-0.2, 0) is 0 Å². The minimum absolute atomic E-state index is 0.0520. The Hall–Kier alpha value is -2.26. The van der Waals surface area contributed by atoms with Crippen LogP contribution >= 0.6 is 15.9 Å². The van der Waals surface area contributed by atoms with E-state index >= 15 is 0 Å². The van der Waals surface area contributed by atoms with Gasteiger partial charge in [0.2, 0.25) is 5.95 Å². The number of nitriles is 1. The average Bonchev–Trinajstić information content (AvgIpc) is 2.39. The highest BCUT2D eigenvalue weighted by Crippen LogP contribution is 2.21. The molecule has 0 fully saturated rings. The molecule has 0 bridgehead atoms. The number of halogens is 2. The second-order valence-corrected chi connectivity index (χ2v) is 4.52. The highest BCUT2D eigenvalue weighted by Gasteiger charge is 2.11. The van der Waals surface area contributed by atoms with Gasteiger partial charge in [-0.25, -0.2) is 4.98 Å². The van der Waals surface area contributed by atoms with Crippen LogP contribution in [0.5, 0.6) is 0 Å². The smallest absolute Gasteiger partial charge is 0.274 e. The summed E-state index contributed by atoms with van der Waals surface area (Å²) in [6.45, 7) is 0. The molecule has 2 aromatic rings. The Morgan fingerprint density at radius 2 is 2.16 bits per heavy atom. The Morgan fingerprint density at radius 1 is 1.37 bits per heavy atom. The summed E-state index contributed by atoms with van der Waals surface area (Å²) < 4.78 is 13.6. The molecule has 1 amide bonds. The van der Waals surface area contributed by atoms with Crippen molar-refractivity contribution in [3.05, 3.63) is 58.1 Å². The normalized spacial score (nSPS) is 9.74. The number of rotatable bonds is 2. The van der Waals surface area contributed by atoms with Crippen molar-refractivity contribution in [3.63, 3.8) is 0 Å². The van der Waals surface area contributed by atoms with E-state index in [1.54, 1.807) is 18.2 Å². The lowest BCUT2D eigenvalue weighted by molar-refractivity contribution is 0.102. The van der Waals surface area contributed by atoms with Gasteiger partial charge in [0.15, 0.2) is 0 Å². The third-order valence-electron chi connectivity index (χ3n) is 2.30. The maximum absolute atomic E-state index is 12.9. The fourth-order valence-electron chi connectivity index (χ4n) is 1.44. The Balaban J connectivity index is 2.29. The molecule has 0 spiro atoms. The third kappa shape index (κ3) is 3.14.